The lowest BCUT2D eigenvalue weighted by atomic mass is 10.2. The van der Waals surface area contributed by atoms with E-state index in [0.717, 1.165) is 21.3 Å². The van der Waals surface area contributed by atoms with Crippen LogP contribution in [0.4, 0.5) is 0 Å². The highest BCUT2D eigenvalue weighted by Crippen LogP contribution is 2.10. The second-order valence-electron chi connectivity index (χ2n) is 7.99. The van der Waals surface area contributed by atoms with Gasteiger partial charge in [0.1, 0.15) is 13.2 Å². The van der Waals surface area contributed by atoms with E-state index in [4.69, 9.17) is 9.47 Å². The van der Waals surface area contributed by atoms with Crippen LogP contribution in [0.2, 0.25) is 0 Å². The maximum absolute atomic E-state index is 13.3. The lowest BCUT2D eigenvalue weighted by molar-refractivity contribution is -0.145. The van der Waals surface area contributed by atoms with Gasteiger partial charge in [-0.15, -0.1) is 0 Å². The van der Waals surface area contributed by atoms with Crippen LogP contribution in [0.25, 0.3) is 11.2 Å². The van der Waals surface area contributed by atoms with Crippen LogP contribution >= 0.6 is 0 Å². The molecule has 0 saturated carbocycles. The third-order valence-corrected chi connectivity index (χ3v) is 5.51. The van der Waals surface area contributed by atoms with Crippen LogP contribution in [0.3, 0.4) is 0 Å². The monoisotopic (exact) mass is 462 g/mol. The summed E-state index contributed by atoms with van der Waals surface area (Å²) in [7, 11) is 1.56. The van der Waals surface area contributed by atoms with Crippen LogP contribution in [-0.2, 0) is 40.5 Å². The summed E-state index contributed by atoms with van der Waals surface area (Å²) in [5.41, 5.74) is 2.07. The fourth-order valence-electron chi connectivity index (χ4n) is 3.67. The van der Waals surface area contributed by atoms with Gasteiger partial charge in [0.2, 0.25) is 0 Å². The molecule has 0 saturated heterocycles. The van der Waals surface area contributed by atoms with Gasteiger partial charge in [0.15, 0.2) is 11.2 Å². The maximum Gasteiger partial charge on any atom is 0.333 e. The van der Waals surface area contributed by atoms with E-state index in [1.54, 1.807) is 11.7 Å². The second-order valence-corrected chi connectivity index (χ2v) is 7.99. The van der Waals surface area contributed by atoms with Gasteiger partial charge < -0.3 is 14.0 Å². The predicted octanol–water partition coefficient (Wildman–Crippen LogP) is 2.11. The molecule has 0 fully saturated rings. The van der Waals surface area contributed by atoms with Crippen molar-refractivity contribution in [1.82, 2.24) is 18.7 Å². The number of carbonyl (C=O) groups excluding carboxylic acids is 1. The Morgan fingerprint density at radius 2 is 1.71 bits per heavy atom. The zero-order valence-corrected chi connectivity index (χ0v) is 19.1. The number of nitrogens with zero attached hydrogens (tertiary/aromatic N) is 4. The van der Waals surface area contributed by atoms with E-state index in [1.165, 1.54) is 10.9 Å². The van der Waals surface area contributed by atoms with Crippen molar-refractivity contribution in [3.05, 3.63) is 98.5 Å². The molecule has 0 bridgehead atoms. The maximum atomic E-state index is 13.3. The number of aryl methyl sites for hydroxylation is 1. The molecule has 9 nitrogen and oxygen atoms in total. The van der Waals surface area contributed by atoms with Crippen molar-refractivity contribution in [2.45, 2.75) is 33.2 Å². The lowest BCUT2D eigenvalue weighted by Crippen LogP contribution is -2.42. The zero-order valence-electron chi connectivity index (χ0n) is 19.1. The summed E-state index contributed by atoms with van der Waals surface area (Å²) in [5, 5.41) is 0. The zero-order chi connectivity index (χ0) is 24.1. The summed E-state index contributed by atoms with van der Waals surface area (Å²) in [5.74, 6) is -0.673. The van der Waals surface area contributed by atoms with E-state index in [2.05, 4.69) is 4.98 Å². The van der Waals surface area contributed by atoms with Gasteiger partial charge in [-0.1, -0.05) is 60.2 Å². The van der Waals surface area contributed by atoms with Crippen molar-refractivity contribution in [2.75, 3.05) is 13.7 Å². The van der Waals surface area contributed by atoms with Crippen LogP contribution in [0, 0.1) is 6.92 Å². The van der Waals surface area contributed by atoms with Gasteiger partial charge in [-0.25, -0.2) is 14.3 Å². The van der Waals surface area contributed by atoms with E-state index in [1.807, 2.05) is 61.5 Å². The predicted molar refractivity (Wildman–Crippen MR) is 127 cm³/mol. The Morgan fingerprint density at radius 3 is 2.41 bits per heavy atom. The molecule has 0 radical (unpaired) electrons. The highest BCUT2D eigenvalue weighted by molar-refractivity contribution is 5.72. The molecule has 34 heavy (non-hydrogen) atoms. The molecule has 0 unspecified atom stereocenters. The van der Waals surface area contributed by atoms with Crippen LogP contribution in [0.1, 0.15) is 16.7 Å². The third kappa shape index (κ3) is 4.99. The van der Waals surface area contributed by atoms with Crippen molar-refractivity contribution < 1.29 is 14.3 Å². The van der Waals surface area contributed by atoms with Crippen molar-refractivity contribution >= 4 is 17.1 Å². The first-order valence-electron chi connectivity index (χ1n) is 10.9. The van der Waals surface area contributed by atoms with Gasteiger partial charge >= 0.3 is 11.7 Å². The Hall–Kier alpha value is -3.98. The standard InChI is InChI=1S/C25H26N4O5/c1-18-8-10-20(11-9-18)16-34-21(30)15-29-24(31)22-23(26-17-27(22)12-13-33-2)28(25(29)32)14-19-6-4-3-5-7-19/h3-11,17H,12-16H2,1-2H3. The average molecular weight is 463 g/mol. The van der Waals surface area contributed by atoms with E-state index >= 15 is 0 Å². The van der Waals surface area contributed by atoms with Crippen LogP contribution in [0.5, 0.6) is 0 Å². The van der Waals surface area contributed by atoms with Gasteiger partial charge in [0.25, 0.3) is 5.56 Å². The Bertz CT molecular complexity index is 1400. The largest absolute Gasteiger partial charge is 0.459 e. The summed E-state index contributed by atoms with van der Waals surface area (Å²) in [4.78, 5) is 43.5. The van der Waals surface area contributed by atoms with Crippen molar-refractivity contribution in [3.8, 4) is 0 Å². The van der Waals surface area contributed by atoms with Crippen molar-refractivity contribution in [2.24, 2.45) is 0 Å². The minimum atomic E-state index is -0.673. The molecule has 0 spiro atoms. The Labute approximate surface area is 195 Å². The van der Waals surface area contributed by atoms with Crippen LogP contribution < -0.4 is 11.2 Å². The number of carbonyl (C=O) groups is 1. The molecule has 9 heteroatoms. The molecule has 0 N–H and O–H groups in total. The number of esters is 1. The normalized spacial score (nSPS) is 11.1. The first-order chi connectivity index (χ1) is 16.5. The minimum Gasteiger partial charge on any atom is -0.459 e. The smallest absolute Gasteiger partial charge is 0.333 e. The topological polar surface area (TPSA) is 97.4 Å². The molecule has 2 aromatic heterocycles. The Kier molecular flexibility index (Phi) is 7.03. The van der Waals surface area contributed by atoms with Crippen LogP contribution in [-0.4, -0.2) is 38.4 Å². The molecular formula is C25H26N4O5. The number of methoxy groups -OCH3 is 1. The Morgan fingerprint density at radius 1 is 0.971 bits per heavy atom. The van der Waals surface area contributed by atoms with E-state index < -0.39 is 23.8 Å². The lowest BCUT2D eigenvalue weighted by Gasteiger charge is -2.13. The van der Waals surface area contributed by atoms with Crippen molar-refractivity contribution in [1.29, 1.82) is 0 Å². The number of ether oxygens (including phenoxy) is 2. The summed E-state index contributed by atoms with van der Waals surface area (Å²) in [6.45, 7) is 2.47. The minimum absolute atomic E-state index is 0.0556. The van der Waals surface area contributed by atoms with Crippen molar-refractivity contribution in [3.63, 3.8) is 0 Å². The molecule has 4 aromatic rings. The molecule has 0 aliphatic heterocycles. The molecule has 176 valence electrons. The molecule has 0 aliphatic rings. The molecule has 0 amide bonds. The second kappa shape index (κ2) is 10.3. The van der Waals surface area contributed by atoms with E-state index in [0.29, 0.717) is 13.2 Å². The molecule has 4 rings (SSSR count). The summed E-state index contributed by atoms with van der Waals surface area (Å²) in [6, 6.07) is 16.9. The SMILES string of the molecule is COCCn1cnc2c1c(=O)n(CC(=O)OCc1ccc(C)cc1)c(=O)n2Cc1ccccc1. The van der Waals surface area contributed by atoms with E-state index in [-0.39, 0.29) is 24.3 Å². The fraction of sp³-hybridized carbons (Fsp3) is 0.280. The highest BCUT2D eigenvalue weighted by Gasteiger charge is 2.20. The summed E-state index contributed by atoms with van der Waals surface area (Å²) < 4.78 is 14.4. The Balaban J connectivity index is 1.69. The number of imidazole rings is 1. The summed E-state index contributed by atoms with van der Waals surface area (Å²) in [6.07, 6.45) is 1.51. The van der Waals surface area contributed by atoms with Gasteiger partial charge in [-0.2, -0.15) is 0 Å². The highest BCUT2D eigenvalue weighted by atomic mass is 16.5. The fourth-order valence-corrected chi connectivity index (χ4v) is 3.67. The number of rotatable bonds is 9. The van der Waals surface area contributed by atoms with Gasteiger partial charge in [0, 0.05) is 13.7 Å². The summed E-state index contributed by atoms with van der Waals surface area (Å²) >= 11 is 0. The van der Waals surface area contributed by atoms with Crippen LogP contribution in [0.15, 0.2) is 70.5 Å². The quantitative estimate of drug-likeness (QED) is 0.354. The van der Waals surface area contributed by atoms with Gasteiger partial charge in [0.05, 0.1) is 19.5 Å². The number of benzene rings is 2. The van der Waals surface area contributed by atoms with E-state index in [9.17, 15) is 14.4 Å². The number of aromatic nitrogens is 4. The molecule has 2 heterocycles. The number of fused-ring (bicyclic) bond motifs is 1. The molecule has 2 aromatic carbocycles. The number of hydrogen-bond acceptors (Lipinski definition) is 6. The first kappa shape index (κ1) is 23.2. The molecule has 0 aliphatic carbocycles. The van der Waals surface area contributed by atoms with Gasteiger partial charge in [-0.3, -0.25) is 14.2 Å². The molecular weight excluding hydrogens is 436 g/mol. The number of hydrogen-bond donors (Lipinski definition) is 0. The third-order valence-electron chi connectivity index (χ3n) is 5.51. The molecule has 0 atom stereocenters. The van der Waals surface area contributed by atoms with Gasteiger partial charge in [-0.05, 0) is 18.1 Å². The first-order valence-corrected chi connectivity index (χ1v) is 10.9. The average Bonchev–Trinajstić information content (AvgIpc) is 3.27.